The number of amides is 2. The number of nitrogens with zero attached hydrogens (tertiary/aromatic N) is 1. The van der Waals surface area contributed by atoms with Crippen molar-refractivity contribution < 1.29 is 19.2 Å². The second-order valence-electron chi connectivity index (χ2n) is 8.55. The van der Waals surface area contributed by atoms with Crippen molar-refractivity contribution in [1.82, 2.24) is 15.7 Å². The average Bonchev–Trinajstić information content (AvgIpc) is 3.39. The summed E-state index contributed by atoms with van der Waals surface area (Å²) in [4.78, 5) is 30.6. The van der Waals surface area contributed by atoms with E-state index in [0.29, 0.717) is 6.42 Å². The van der Waals surface area contributed by atoms with Gasteiger partial charge in [-0.1, -0.05) is 78.9 Å². The maximum absolute atomic E-state index is 12.4. The molecule has 0 saturated carbocycles. The van der Waals surface area contributed by atoms with Gasteiger partial charge in [-0.05, 0) is 27.8 Å². The molecule has 0 spiro atoms. The lowest BCUT2D eigenvalue weighted by Gasteiger charge is -2.19. The Labute approximate surface area is 198 Å². The van der Waals surface area contributed by atoms with E-state index in [2.05, 4.69) is 34.9 Å². The first kappa shape index (κ1) is 22.1. The van der Waals surface area contributed by atoms with E-state index >= 15 is 0 Å². The Hall–Kier alpha value is -3.68. The topological polar surface area (TPSA) is 79.9 Å². The Bertz CT molecular complexity index is 1140. The van der Waals surface area contributed by atoms with Gasteiger partial charge in [0.1, 0.15) is 25.4 Å². The summed E-state index contributed by atoms with van der Waals surface area (Å²) in [5.74, 6) is -0.325. The molecule has 2 aliphatic rings. The van der Waals surface area contributed by atoms with E-state index in [1.54, 1.807) is 12.1 Å². The second kappa shape index (κ2) is 9.67. The number of nitrogens with one attached hydrogen (secondary N) is 2. The molecule has 174 valence electrons. The number of hydroxylamine groups is 2. The molecular weight excluding hydrogens is 430 g/mol. The molecule has 2 N–H and O–H groups in total. The molecule has 7 heteroatoms. The zero-order valence-corrected chi connectivity index (χ0v) is 18.9. The summed E-state index contributed by atoms with van der Waals surface area (Å²) >= 11 is 0. The minimum atomic E-state index is -0.616. The van der Waals surface area contributed by atoms with Gasteiger partial charge < -0.3 is 15.4 Å². The predicted molar refractivity (Wildman–Crippen MR) is 128 cm³/mol. The van der Waals surface area contributed by atoms with Crippen molar-refractivity contribution in [3.8, 4) is 11.1 Å². The van der Waals surface area contributed by atoms with Crippen molar-refractivity contribution in [3.05, 3.63) is 95.6 Å². The highest BCUT2D eigenvalue weighted by Gasteiger charge is 2.33. The quantitative estimate of drug-likeness (QED) is 0.586. The molecule has 34 heavy (non-hydrogen) atoms. The first-order valence-electron chi connectivity index (χ1n) is 11.4. The number of hydrogen-bond donors (Lipinski definition) is 2. The summed E-state index contributed by atoms with van der Waals surface area (Å²) < 4.78 is 5.49. The highest BCUT2D eigenvalue weighted by molar-refractivity contribution is 5.82. The molecule has 7 nitrogen and oxygen atoms in total. The summed E-state index contributed by atoms with van der Waals surface area (Å²) in [6.07, 6.45) is -0.388. The molecule has 1 aliphatic heterocycles. The van der Waals surface area contributed by atoms with Crippen LogP contribution in [0.5, 0.6) is 0 Å². The van der Waals surface area contributed by atoms with E-state index in [9.17, 15) is 9.59 Å². The zero-order valence-electron chi connectivity index (χ0n) is 18.9. The van der Waals surface area contributed by atoms with Gasteiger partial charge in [0, 0.05) is 19.4 Å². The Morgan fingerprint density at radius 3 is 2.24 bits per heavy atom. The van der Waals surface area contributed by atoms with Gasteiger partial charge in [0.05, 0.1) is 0 Å². The summed E-state index contributed by atoms with van der Waals surface area (Å²) in [7, 11) is 1.78. The third kappa shape index (κ3) is 4.53. The highest BCUT2D eigenvalue weighted by Crippen LogP contribution is 2.44. The summed E-state index contributed by atoms with van der Waals surface area (Å²) in [5, 5.41) is 7.09. The number of carbonyl (C=O) groups is 2. The summed E-state index contributed by atoms with van der Waals surface area (Å²) in [5.41, 5.74) is 5.69. The molecule has 0 radical (unpaired) electrons. The van der Waals surface area contributed by atoms with Crippen LogP contribution in [0.25, 0.3) is 11.1 Å². The van der Waals surface area contributed by atoms with Crippen molar-refractivity contribution in [2.45, 2.75) is 24.6 Å². The lowest BCUT2D eigenvalue weighted by atomic mass is 9.98. The fourth-order valence-electron chi connectivity index (χ4n) is 4.72. The highest BCUT2D eigenvalue weighted by atomic mass is 16.7. The zero-order chi connectivity index (χ0) is 23.5. The fourth-order valence-corrected chi connectivity index (χ4v) is 4.72. The third-order valence-corrected chi connectivity index (χ3v) is 6.41. The molecule has 5 rings (SSSR count). The minimum Gasteiger partial charge on any atom is -0.449 e. The lowest BCUT2D eigenvalue weighted by molar-refractivity contribution is -0.153. The largest absolute Gasteiger partial charge is 0.449 e. The fraction of sp³-hybridized carbons (Fsp3) is 0.259. The van der Waals surface area contributed by atoms with Crippen molar-refractivity contribution in [1.29, 1.82) is 0 Å². The van der Waals surface area contributed by atoms with E-state index in [4.69, 9.17) is 9.57 Å². The van der Waals surface area contributed by atoms with Crippen LogP contribution in [0.3, 0.4) is 0 Å². The maximum Gasteiger partial charge on any atom is 0.407 e. The number of rotatable bonds is 6. The number of carbonyl (C=O) groups excluding carboxylic acids is 2. The summed E-state index contributed by atoms with van der Waals surface area (Å²) in [6.45, 7) is 0.0381. The number of alkyl carbamates (subject to hydrolysis) is 1. The van der Waals surface area contributed by atoms with Crippen LogP contribution in [0.15, 0.2) is 78.9 Å². The van der Waals surface area contributed by atoms with Crippen molar-refractivity contribution in [2.75, 3.05) is 20.2 Å². The maximum atomic E-state index is 12.4. The van der Waals surface area contributed by atoms with Crippen LogP contribution < -0.4 is 10.6 Å². The molecule has 1 heterocycles. The Morgan fingerprint density at radius 1 is 0.941 bits per heavy atom. The molecule has 2 amide bonds. The smallest absolute Gasteiger partial charge is 0.407 e. The van der Waals surface area contributed by atoms with Crippen LogP contribution in [0.1, 0.15) is 35.1 Å². The second-order valence-corrected chi connectivity index (χ2v) is 8.55. The first-order chi connectivity index (χ1) is 16.6. The van der Waals surface area contributed by atoms with E-state index in [1.807, 2.05) is 54.6 Å². The minimum absolute atomic E-state index is 0.0221. The molecule has 0 unspecified atom stereocenters. The molecule has 2 atom stereocenters. The van der Waals surface area contributed by atoms with E-state index in [-0.39, 0.29) is 37.2 Å². The molecule has 1 saturated heterocycles. The Morgan fingerprint density at radius 2 is 1.56 bits per heavy atom. The van der Waals surface area contributed by atoms with Crippen LogP contribution in [-0.2, 0) is 14.4 Å². The Balaban J connectivity index is 1.11. The normalized spacial score (nSPS) is 19.3. The molecule has 1 aliphatic carbocycles. The molecular formula is C27H27N3O4. The van der Waals surface area contributed by atoms with Crippen molar-refractivity contribution in [3.63, 3.8) is 0 Å². The van der Waals surface area contributed by atoms with Gasteiger partial charge in [-0.25, -0.2) is 4.79 Å². The Kier molecular flexibility index (Phi) is 6.29. The number of fused-ring (bicyclic) bond motifs is 3. The SMILES string of the molecule is CN1O[C@@H](c2ccccc2)C[C@@H]1NC(=O)CNC(=O)OCC1c2ccccc2-c2ccccc21. The standard InChI is InChI=1S/C27H27N3O4/c1-30-25(15-24(34-30)18-9-3-2-4-10-18)29-26(31)16-28-27(32)33-17-23-21-13-7-5-11-19(21)20-12-6-8-14-22(20)23/h2-14,23-25H,15-17H2,1H3,(H,28,32)(H,29,31)/t24-,25-/m1/s1. The monoisotopic (exact) mass is 457 g/mol. The van der Waals surface area contributed by atoms with E-state index in [1.165, 1.54) is 11.1 Å². The van der Waals surface area contributed by atoms with Crippen LogP contribution in [-0.4, -0.2) is 43.4 Å². The summed E-state index contributed by atoms with van der Waals surface area (Å²) in [6, 6.07) is 26.2. The van der Waals surface area contributed by atoms with E-state index in [0.717, 1.165) is 16.7 Å². The molecule has 0 aromatic heterocycles. The van der Waals surface area contributed by atoms with Crippen LogP contribution in [0.2, 0.25) is 0 Å². The van der Waals surface area contributed by atoms with Crippen molar-refractivity contribution >= 4 is 12.0 Å². The molecule has 3 aromatic carbocycles. The van der Waals surface area contributed by atoms with Crippen LogP contribution >= 0.6 is 0 Å². The van der Waals surface area contributed by atoms with Gasteiger partial charge in [0.25, 0.3) is 0 Å². The van der Waals surface area contributed by atoms with Crippen LogP contribution in [0.4, 0.5) is 4.79 Å². The van der Waals surface area contributed by atoms with Gasteiger partial charge in [-0.2, -0.15) is 5.06 Å². The number of hydrogen-bond acceptors (Lipinski definition) is 5. The predicted octanol–water partition coefficient (Wildman–Crippen LogP) is 3.98. The first-order valence-corrected chi connectivity index (χ1v) is 11.4. The molecule has 3 aromatic rings. The number of benzene rings is 3. The van der Waals surface area contributed by atoms with Gasteiger partial charge in [0.15, 0.2) is 0 Å². The third-order valence-electron chi connectivity index (χ3n) is 6.41. The van der Waals surface area contributed by atoms with Gasteiger partial charge in [-0.3, -0.25) is 9.63 Å². The van der Waals surface area contributed by atoms with Gasteiger partial charge in [-0.15, -0.1) is 0 Å². The molecule has 1 fully saturated rings. The van der Waals surface area contributed by atoms with Gasteiger partial charge >= 0.3 is 6.09 Å². The lowest BCUT2D eigenvalue weighted by Crippen LogP contribution is -2.46. The van der Waals surface area contributed by atoms with Crippen LogP contribution in [0, 0.1) is 0 Å². The average molecular weight is 458 g/mol. The molecule has 0 bridgehead atoms. The van der Waals surface area contributed by atoms with Crippen molar-refractivity contribution in [2.24, 2.45) is 0 Å². The van der Waals surface area contributed by atoms with Gasteiger partial charge in [0.2, 0.25) is 5.91 Å². The number of ether oxygens (including phenoxy) is 1. The van der Waals surface area contributed by atoms with E-state index < -0.39 is 6.09 Å².